The van der Waals surface area contributed by atoms with E-state index in [0.717, 1.165) is 57.8 Å². The number of carbonyl (C=O) groups excluding carboxylic acids is 1. The van der Waals surface area contributed by atoms with Crippen molar-refractivity contribution in [3.8, 4) is 0 Å². The Morgan fingerprint density at radius 2 is 0.849 bits per heavy atom. The van der Waals surface area contributed by atoms with E-state index in [2.05, 4.69) is 19.2 Å². The van der Waals surface area contributed by atoms with Crippen LogP contribution in [0, 0.1) is 0 Å². The summed E-state index contributed by atoms with van der Waals surface area (Å²) in [4.78, 5) is 13.2. The lowest BCUT2D eigenvalue weighted by Crippen LogP contribution is -2.66. The smallest absolute Gasteiger partial charge is 0.220 e. The second-order valence-electron chi connectivity index (χ2n) is 20.8. The average Bonchev–Trinajstić information content (AvgIpc) is 3.39. The van der Waals surface area contributed by atoms with Crippen molar-refractivity contribution < 1.29 is 89.4 Å². The Hall–Kier alpha value is -1.47. The van der Waals surface area contributed by atoms with Crippen LogP contribution in [0.5, 0.6) is 0 Å². The second kappa shape index (κ2) is 39.0. The van der Waals surface area contributed by atoms with E-state index >= 15 is 0 Å². The molecular weight excluding hydrogens is 951 g/mol. The number of allylic oxidation sites excluding steroid dienone is 1. The number of unbranched alkanes of at least 4 members (excludes halogenated alkanes) is 25. The van der Waals surface area contributed by atoms with Gasteiger partial charge in [-0.2, -0.15) is 0 Å². The molecule has 17 unspecified atom stereocenters. The summed E-state index contributed by atoms with van der Waals surface area (Å²) in [5.74, 6) is -0.277. The van der Waals surface area contributed by atoms with Gasteiger partial charge in [-0.1, -0.05) is 180 Å². The third-order valence-corrected chi connectivity index (χ3v) is 14.6. The van der Waals surface area contributed by atoms with Crippen molar-refractivity contribution in [3.63, 3.8) is 0 Å². The number of aliphatic hydroxyl groups is 11. The van der Waals surface area contributed by atoms with Crippen molar-refractivity contribution in [1.29, 1.82) is 0 Å². The van der Waals surface area contributed by atoms with Gasteiger partial charge in [0.25, 0.3) is 0 Å². The normalized spacial score (nSPS) is 31.8. The first kappa shape index (κ1) is 65.8. The molecule has 73 heavy (non-hydrogen) atoms. The van der Waals surface area contributed by atoms with Crippen molar-refractivity contribution in [1.82, 2.24) is 5.32 Å². The Kier molecular flexibility index (Phi) is 35.1. The first-order valence-electron chi connectivity index (χ1n) is 28.4. The predicted molar refractivity (Wildman–Crippen MR) is 273 cm³/mol. The molecule has 19 heteroatoms. The molecule has 3 aliphatic heterocycles. The fraction of sp³-hybridized carbons (Fsp3) is 0.944. The van der Waals surface area contributed by atoms with Gasteiger partial charge in [-0.05, 0) is 19.3 Å². The molecule has 0 aromatic rings. The molecule has 17 atom stereocenters. The number of rotatable bonds is 41. The van der Waals surface area contributed by atoms with Crippen LogP contribution in [-0.4, -0.2) is 193 Å². The maximum absolute atomic E-state index is 13.2. The zero-order valence-corrected chi connectivity index (χ0v) is 44.4. The standard InChI is InChI=1S/C54H101NO18/c1-3-5-7-9-11-12-13-14-15-16-17-18-19-20-21-22-23-24-26-28-30-32-42(60)55-37(38(59)31-29-27-25-10-8-6-4-2)36-68-52-48(66)45(63)50(40(34-57)70-52)73-54-49(67)46(64)51(41(35-58)71-54)72-53-47(65)44(62)43(61)39(33-56)69-53/h29,31,37-41,43-54,56-59,61-67H,3-28,30,32-36H2,1-2H3,(H,55,60)/b31-29+. The minimum atomic E-state index is -1.97. The molecule has 0 aliphatic carbocycles. The largest absolute Gasteiger partial charge is 0.394 e. The van der Waals surface area contributed by atoms with E-state index in [4.69, 9.17) is 28.4 Å². The van der Waals surface area contributed by atoms with Gasteiger partial charge < -0.3 is 89.9 Å². The molecule has 0 radical (unpaired) electrons. The van der Waals surface area contributed by atoms with Crippen molar-refractivity contribution in [2.24, 2.45) is 0 Å². The lowest BCUT2D eigenvalue weighted by Gasteiger charge is -2.48. The predicted octanol–water partition coefficient (Wildman–Crippen LogP) is 3.82. The maximum atomic E-state index is 13.2. The SMILES string of the molecule is CCCCCCC/C=C/C(O)C(COC1OC(CO)C(OC2OC(CO)C(OC3OC(CO)C(O)C(O)C3O)C(O)C2O)C(O)C1O)NC(=O)CCCCCCCCCCCCCCCCCCCCCCC. The Morgan fingerprint density at radius 3 is 1.29 bits per heavy atom. The van der Waals surface area contributed by atoms with Crippen LogP contribution in [0.4, 0.5) is 0 Å². The molecule has 0 saturated carbocycles. The van der Waals surface area contributed by atoms with Gasteiger partial charge in [0.15, 0.2) is 18.9 Å². The van der Waals surface area contributed by atoms with Crippen LogP contribution >= 0.6 is 0 Å². The summed E-state index contributed by atoms with van der Waals surface area (Å²) in [6, 6.07) is -0.964. The third-order valence-electron chi connectivity index (χ3n) is 14.6. The van der Waals surface area contributed by atoms with E-state index in [1.165, 1.54) is 109 Å². The van der Waals surface area contributed by atoms with Gasteiger partial charge in [0.2, 0.25) is 5.91 Å². The third kappa shape index (κ3) is 24.0. The number of ether oxygens (including phenoxy) is 6. The van der Waals surface area contributed by atoms with Crippen molar-refractivity contribution in [2.45, 2.75) is 298 Å². The highest BCUT2D eigenvalue weighted by molar-refractivity contribution is 5.76. The van der Waals surface area contributed by atoms with Crippen molar-refractivity contribution >= 4 is 5.91 Å². The zero-order valence-electron chi connectivity index (χ0n) is 44.4. The van der Waals surface area contributed by atoms with Crippen molar-refractivity contribution in [2.75, 3.05) is 26.4 Å². The molecule has 0 aromatic heterocycles. The first-order valence-corrected chi connectivity index (χ1v) is 28.4. The van der Waals surface area contributed by atoms with E-state index in [1.54, 1.807) is 6.08 Å². The quantitative estimate of drug-likeness (QED) is 0.0306. The van der Waals surface area contributed by atoms with E-state index in [9.17, 15) is 61.0 Å². The van der Waals surface area contributed by atoms with Gasteiger partial charge in [-0.15, -0.1) is 0 Å². The van der Waals surface area contributed by atoms with Gasteiger partial charge in [0, 0.05) is 6.42 Å². The number of carbonyl (C=O) groups is 1. The summed E-state index contributed by atoms with van der Waals surface area (Å²) in [7, 11) is 0. The molecule has 3 saturated heterocycles. The minimum Gasteiger partial charge on any atom is -0.394 e. The number of hydrogen-bond donors (Lipinski definition) is 12. The van der Waals surface area contributed by atoms with Crippen molar-refractivity contribution in [3.05, 3.63) is 12.2 Å². The molecule has 3 fully saturated rings. The molecule has 3 aliphatic rings. The Morgan fingerprint density at radius 1 is 0.479 bits per heavy atom. The summed E-state index contributed by atoms with van der Waals surface area (Å²) in [5.41, 5.74) is 0. The number of hydrogen-bond acceptors (Lipinski definition) is 18. The van der Waals surface area contributed by atoms with E-state index in [1.807, 2.05) is 6.08 Å². The van der Waals surface area contributed by atoms with Crippen LogP contribution in [0.15, 0.2) is 12.2 Å². The summed E-state index contributed by atoms with van der Waals surface area (Å²) in [6.45, 7) is 1.65. The van der Waals surface area contributed by atoms with Gasteiger partial charge in [-0.3, -0.25) is 4.79 Å². The summed E-state index contributed by atoms with van der Waals surface area (Å²) < 4.78 is 34.1. The summed E-state index contributed by atoms with van der Waals surface area (Å²) >= 11 is 0. The van der Waals surface area contributed by atoms with Crippen LogP contribution in [-0.2, 0) is 33.2 Å². The van der Waals surface area contributed by atoms with Crippen LogP contribution < -0.4 is 5.32 Å². The van der Waals surface area contributed by atoms with Crippen LogP contribution in [0.25, 0.3) is 0 Å². The minimum absolute atomic E-state index is 0.248. The molecule has 430 valence electrons. The van der Waals surface area contributed by atoms with E-state index < -0.39 is 124 Å². The summed E-state index contributed by atoms with van der Waals surface area (Å²) in [5, 5.41) is 119. The second-order valence-corrected chi connectivity index (χ2v) is 20.8. The molecule has 0 spiro atoms. The molecule has 19 nitrogen and oxygen atoms in total. The lowest BCUT2D eigenvalue weighted by molar-refractivity contribution is -0.379. The van der Waals surface area contributed by atoms with Gasteiger partial charge in [0.05, 0.1) is 38.6 Å². The van der Waals surface area contributed by atoms with E-state index in [0.29, 0.717) is 6.42 Å². The Balaban J connectivity index is 1.44. The van der Waals surface area contributed by atoms with Gasteiger partial charge in [0.1, 0.15) is 73.2 Å². The maximum Gasteiger partial charge on any atom is 0.220 e. The molecule has 1 amide bonds. The fourth-order valence-corrected chi connectivity index (χ4v) is 9.84. The molecule has 3 heterocycles. The molecule has 0 bridgehead atoms. The molecular formula is C54H101NO18. The number of aliphatic hydroxyl groups excluding tert-OH is 11. The Bertz CT molecular complexity index is 1400. The summed E-state index contributed by atoms with van der Waals surface area (Å²) in [6.07, 6.45) is 9.63. The van der Waals surface area contributed by atoms with Gasteiger partial charge >= 0.3 is 0 Å². The fourth-order valence-electron chi connectivity index (χ4n) is 9.84. The lowest BCUT2D eigenvalue weighted by atomic mass is 9.96. The topological polar surface area (TPSA) is 307 Å². The monoisotopic (exact) mass is 1050 g/mol. The first-order chi connectivity index (χ1) is 35.3. The van der Waals surface area contributed by atoms with Crippen LogP contribution in [0.1, 0.15) is 194 Å². The highest BCUT2D eigenvalue weighted by Crippen LogP contribution is 2.33. The van der Waals surface area contributed by atoms with Crippen LogP contribution in [0.3, 0.4) is 0 Å². The molecule has 12 N–H and O–H groups in total. The Labute approximate surface area is 436 Å². The van der Waals surface area contributed by atoms with Gasteiger partial charge in [-0.25, -0.2) is 0 Å². The molecule has 3 rings (SSSR count). The highest BCUT2D eigenvalue weighted by Gasteiger charge is 2.53. The highest BCUT2D eigenvalue weighted by atomic mass is 16.8. The van der Waals surface area contributed by atoms with Crippen LogP contribution in [0.2, 0.25) is 0 Å². The zero-order chi connectivity index (χ0) is 53.4. The number of amides is 1. The average molecular weight is 1050 g/mol. The number of nitrogens with one attached hydrogen (secondary N) is 1. The van der Waals surface area contributed by atoms with E-state index in [-0.39, 0.29) is 18.9 Å². The molecule has 0 aromatic carbocycles.